The normalized spacial score (nSPS) is 11.0. The molecule has 2 N–H and O–H groups in total. The summed E-state index contributed by atoms with van der Waals surface area (Å²) in [5, 5.41) is 1.70. The van der Waals surface area contributed by atoms with Gasteiger partial charge in [-0.15, -0.1) is 11.8 Å². The molecule has 0 saturated heterocycles. The Morgan fingerprint density at radius 3 is 2.57 bits per heavy atom. The number of nitrogen functional groups attached to an aromatic ring is 1. The number of nitrogens with two attached hydrogens (primary N) is 1. The Balaban J connectivity index is 2.08. The maximum absolute atomic E-state index is 6.10. The zero-order valence-corrected chi connectivity index (χ0v) is 13.2. The second kappa shape index (κ2) is 5.96. The number of benzene rings is 2. The smallest absolute Gasteiger partial charge is 0.131 e. The average molecular weight is 315 g/mol. The summed E-state index contributed by atoms with van der Waals surface area (Å²) in [6.07, 6.45) is 0. The Bertz CT molecular complexity index is 785. The summed E-state index contributed by atoms with van der Waals surface area (Å²) >= 11 is 7.87. The monoisotopic (exact) mass is 314 g/mol. The molecule has 0 aliphatic heterocycles. The van der Waals surface area contributed by atoms with Gasteiger partial charge in [-0.2, -0.15) is 0 Å². The lowest BCUT2D eigenvalue weighted by Crippen LogP contribution is -1.95. The van der Waals surface area contributed by atoms with Crippen LogP contribution in [0.5, 0.6) is 0 Å². The maximum Gasteiger partial charge on any atom is 0.131 e. The quantitative estimate of drug-likeness (QED) is 0.671. The van der Waals surface area contributed by atoms with E-state index in [-0.39, 0.29) is 0 Å². The van der Waals surface area contributed by atoms with Crippen LogP contribution in [0.25, 0.3) is 22.0 Å². The van der Waals surface area contributed by atoms with E-state index in [4.69, 9.17) is 17.3 Å². The van der Waals surface area contributed by atoms with E-state index in [1.807, 2.05) is 36.0 Å². The highest BCUT2D eigenvalue weighted by molar-refractivity contribution is 7.99. The molecule has 3 rings (SSSR count). The van der Waals surface area contributed by atoms with Crippen molar-refractivity contribution in [1.29, 1.82) is 0 Å². The van der Waals surface area contributed by atoms with Crippen molar-refractivity contribution < 1.29 is 0 Å². The first-order chi connectivity index (χ1) is 10.2. The molecule has 1 heterocycles. The zero-order valence-electron chi connectivity index (χ0n) is 11.6. The Hall–Kier alpha value is -1.71. The van der Waals surface area contributed by atoms with Crippen molar-refractivity contribution in [2.75, 3.05) is 11.5 Å². The minimum Gasteiger partial charge on any atom is -0.383 e. The number of thioether (sulfide) groups is 1. The SMILES string of the molecule is CCSc1ccc(-c2cc3cc(Cl)ccc3nc2N)cc1. The van der Waals surface area contributed by atoms with E-state index in [0.717, 1.165) is 27.8 Å². The van der Waals surface area contributed by atoms with Crippen molar-refractivity contribution in [2.24, 2.45) is 0 Å². The molecular formula is C17H15ClN2S. The molecule has 1 aromatic heterocycles. The molecule has 2 aromatic carbocycles. The molecule has 0 fully saturated rings. The standard InChI is InChI=1S/C17H15ClN2S/c1-2-21-14-6-3-11(4-7-14)15-10-12-9-13(18)5-8-16(12)20-17(15)19/h3-10H,2H2,1H3,(H2,19,20). The molecule has 0 amide bonds. The third-order valence-corrected chi connectivity index (χ3v) is 4.41. The lowest BCUT2D eigenvalue weighted by molar-refractivity contribution is 1.39. The number of halogens is 1. The Morgan fingerprint density at radius 2 is 1.86 bits per heavy atom. The Labute approximate surface area is 133 Å². The summed E-state index contributed by atoms with van der Waals surface area (Å²) in [5.41, 5.74) is 8.98. The fourth-order valence-electron chi connectivity index (χ4n) is 2.29. The first kappa shape index (κ1) is 14.2. The molecule has 21 heavy (non-hydrogen) atoms. The van der Waals surface area contributed by atoms with Crippen molar-refractivity contribution in [3.8, 4) is 11.1 Å². The first-order valence-electron chi connectivity index (χ1n) is 6.76. The number of fused-ring (bicyclic) bond motifs is 1. The molecule has 3 aromatic rings. The van der Waals surface area contributed by atoms with Gasteiger partial charge in [0.25, 0.3) is 0 Å². The summed E-state index contributed by atoms with van der Waals surface area (Å²) in [7, 11) is 0. The van der Waals surface area contributed by atoms with Crippen LogP contribution in [0, 0.1) is 0 Å². The third-order valence-electron chi connectivity index (χ3n) is 3.28. The molecule has 0 atom stereocenters. The van der Waals surface area contributed by atoms with E-state index >= 15 is 0 Å². The topological polar surface area (TPSA) is 38.9 Å². The first-order valence-corrected chi connectivity index (χ1v) is 8.13. The van der Waals surface area contributed by atoms with Gasteiger partial charge in [0, 0.05) is 20.9 Å². The summed E-state index contributed by atoms with van der Waals surface area (Å²) in [6.45, 7) is 2.15. The van der Waals surface area contributed by atoms with Crippen LogP contribution in [0.4, 0.5) is 5.82 Å². The summed E-state index contributed by atoms with van der Waals surface area (Å²) in [4.78, 5) is 5.73. The second-order valence-electron chi connectivity index (χ2n) is 4.72. The van der Waals surface area contributed by atoms with Crippen LogP contribution < -0.4 is 5.73 Å². The van der Waals surface area contributed by atoms with Gasteiger partial charge in [-0.05, 0) is 47.7 Å². The molecule has 0 aliphatic carbocycles. The van der Waals surface area contributed by atoms with E-state index in [1.165, 1.54) is 4.90 Å². The van der Waals surface area contributed by atoms with Gasteiger partial charge in [0.15, 0.2) is 0 Å². The molecule has 2 nitrogen and oxygen atoms in total. The molecule has 4 heteroatoms. The van der Waals surface area contributed by atoms with Gasteiger partial charge in [-0.3, -0.25) is 0 Å². The molecule has 0 saturated carbocycles. The van der Waals surface area contributed by atoms with Gasteiger partial charge in [0.05, 0.1) is 5.52 Å². The average Bonchev–Trinajstić information content (AvgIpc) is 2.48. The summed E-state index contributed by atoms with van der Waals surface area (Å²) in [6, 6.07) is 16.1. The molecule has 0 radical (unpaired) electrons. The maximum atomic E-state index is 6.10. The molecule has 0 unspecified atom stereocenters. The Morgan fingerprint density at radius 1 is 1.10 bits per heavy atom. The molecular weight excluding hydrogens is 300 g/mol. The zero-order chi connectivity index (χ0) is 14.8. The number of rotatable bonds is 3. The van der Waals surface area contributed by atoms with E-state index in [9.17, 15) is 0 Å². The number of hydrogen-bond acceptors (Lipinski definition) is 3. The minimum absolute atomic E-state index is 0.542. The van der Waals surface area contributed by atoms with Crippen LogP contribution in [0.15, 0.2) is 53.4 Å². The van der Waals surface area contributed by atoms with Crippen molar-refractivity contribution >= 4 is 40.1 Å². The number of anilines is 1. The van der Waals surface area contributed by atoms with E-state index in [1.54, 1.807) is 0 Å². The molecule has 106 valence electrons. The lowest BCUT2D eigenvalue weighted by Gasteiger charge is -2.08. The van der Waals surface area contributed by atoms with Crippen LogP contribution >= 0.6 is 23.4 Å². The van der Waals surface area contributed by atoms with Crippen molar-refractivity contribution in [1.82, 2.24) is 4.98 Å². The van der Waals surface area contributed by atoms with Crippen LogP contribution in [-0.2, 0) is 0 Å². The van der Waals surface area contributed by atoms with Gasteiger partial charge < -0.3 is 5.73 Å². The predicted molar refractivity (Wildman–Crippen MR) is 93.0 cm³/mol. The molecule has 0 aliphatic rings. The van der Waals surface area contributed by atoms with Crippen molar-refractivity contribution in [3.63, 3.8) is 0 Å². The highest BCUT2D eigenvalue weighted by Crippen LogP contribution is 2.30. The highest BCUT2D eigenvalue weighted by Gasteiger charge is 2.07. The third kappa shape index (κ3) is 2.99. The van der Waals surface area contributed by atoms with Crippen molar-refractivity contribution in [2.45, 2.75) is 11.8 Å². The van der Waals surface area contributed by atoms with E-state index < -0.39 is 0 Å². The second-order valence-corrected chi connectivity index (χ2v) is 6.49. The van der Waals surface area contributed by atoms with Gasteiger partial charge >= 0.3 is 0 Å². The minimum atomic E-state index is 0.542. The fourth-order valence-corrected chi connectivity index (χ4v) is 3.13. The summed E-state index contributed by atoms with van der Waals surface area (Å²) < 4.78 is 0. The summed E-state index contributed by atoms with van der Waals surface area (Å²) in [5.74, 6) is 1.61. The fraction of sp³-hybridized carbons (Fsp3) is 0.118. The van der Waals surface area contributed by atoms with Gasteiger partial charge in [0.2, 0.25) is 0 Å². The van der Waals surface area contributed by atoms with Crippen molar-refractivity contribution in [3.05, 3.63) is 53.6 Å². The van der Waals surface area contributed by atoms with E-state index in [2.05, 4.69) is 36.2 Å². The largest absolute Gasteiger partial charge is 0.383 e. The van der Waals surface area contributed by atoms with Crippen LogP contribution in [0.2, 0.25) is 5.02 Å². The lowest BCUT2D eigenvalue weighted by atomic mass is 10.0. The van der Waals surface area contributed by atoms with E-state index in [0.29, 0.717) is 10.8 Å². The molecule has 0 bridgehead atoms. The number of hydrogen-bond donors (Lipinski definition) is 1. The van der Waals surface area contributed by atoms with Gasteiger partial charge in [0.1, 0.15) is 5.82 Å². The highest BCUT2D eigenvalue weighted by atomic mass is 35.5. The number of aromatic nitrogens is 1. The Kier molecular flexibility index (Phi) is 4.04. The van der Waals surface area contributed by atoms with Gasteiger partial charge in [-0.1, -0.05) is 30.7 Å². The predicted octanol–water partition coefficient (Wildman–Crippen LogP) is 5.25. The molecule has 0 spiro atoms. The van der Waals surface area contributed by atoms with Crippen LogP contribution in [-0.4, -0.2) is 10.7 Å². The van der Waals surface area contributed by atoms with Crippen LogP contribution in [0.1, 0.15) is 6.92 Å². The number of nitrogens with zero attached hydrogens (tertiary/aromatic N) is 1. The van der Waals surface area contributed by atoms with Gasteiger partial charge in [-0.25, -0.2) is 4.98 Å². The van der Waals surface area contributed by atoms with Crippen LogP contribution in [0.3, 0.4) is 0 Å². The number of pyridine rings is 1.